The fourth-order valence-corrected chi connectivity index (χ4v) is 4.21. The van der Waals surface area contributed by atoms with E-state index in [1.54, 1.807) is 23.8 Å². The van der Waals surface area contributed by atoms with Gasteiger partial charge in [0.1, 0.15) is 5.75 Å². The summed E-state index contributed by atoms with van der Waals surface area (Å²) in [6.07, 6.45) is -4.58. The number of ether oxygens (including phenoxy) is 1. The Morgan fingerprint density at radius 2 is 1.77 bits per heavy atom. The van der Waals surface area contributed by atoms with Crippen molar-refractivity contribution < 1.29 is 22.7 Å². The number of aryl methyl sites for hydroxylation is 1. The van der Waals surface area contributed by atoms with Crippen LogP contribution in [0.2, 0.25) is 0 Å². The van der Waals surface area contributed by atoms with E-state index in [1.807, 2.05) is 43.3 Å². The van der Waals surface area contributed by atoms with Crippen LogP contribution in [0.3, 0.4) is 0 Å². The summed E-state index contributed by atoms with van der Waals surface area (Å²) in [5.74, 6) is 0.502. The Morgan fingerprint density at radius 3 is 2.46 bits per heavy atom. The third kappa shape index (κ3) is 5.65. The smallest absolute Gasteiger partial charge is 0.418 e. The molecule has 1 heterocycles. The molecule has 0 aliphatic heterocycles. The van der Waals surface area contributed by atoms with Crippen LogP contribution in [0.1, 0.15) is 11.1 Å². The number of hydrogen-bond donors (Lipinski definition) is 1. The van der Waals surface area contributed by atoms with Gasteiger partial charge in [-0.15, -0.1) is 10.2 Å². The molecule has 0 radical (unpaired) electrons. The van der Waals surface area contributed by atoms with Crippen LogP contribution >= 0.6 is 11.8 Å². The zero-order valence-electron chi connectivity index (χ0n) is 18.8. The van der Waals surface area contributed by atoms with Gasteiger partial charge in [-0.3, -0.25) is 9.36 Å². The van der Waals surface area contributed by atoms with Crippen molar-refractivity contribution in [1.82, 2.24) is 14.8 Å². The summed E-state index contributed by atoms with van der Waals surface area (Å²) in [5.41, 5.74) is 1.44. The summed E-state index contributed by atoms with van der Waals surface area (Å²) in [4.78, 5) is 12.5. The van der Waals surface area contributed by atoms with E-state index in [-0.39, 0.29) is 11.4 Å². The number of nitrogens with zero attached hydrogens (tertiary/aromatic N) is 3. The van der Waals surface area contributed by atoms with E-state index in [2.05, 4.69) is 15.5 Å². The Morgan fingerprint density at radius 1 is 1.03 bits per heavy atom. The quantitative estimate of drug-likeness (QED) is 0.317. The monoisotopic (exact) mass is 498 g/mol. The first-order valence-corrected chi connectivity index (χ1v) is 11.5. The highest BCUT2D eigenvalue weighted by atomic mass is 32.2. The summed E-state index contributed by atoms with van der Waals surface area (Å²) in [5, 5.41) is 11.4. The number of nitrogens with one attached hydrogen (secondary N) is 1. The van der Waals surface area contributed by atoms with Crippen LogP contribution in [0.15, 0.2) is 78.0 Å². The molecule has 1 N–H and O–H groups in total. The summed E-state index contributed by atoms with van der Waals surface area (Å²) < 4.78 is 46.8. The molecule has 0 fully saturated rings. The van der Waals surface area contributed by atoms with Gasteiger partial charge in [0.25, 0.3) is 0 Å². The Bertz CT molecular complexity index is 1340. The second-order valence-corrected chi connectivity index (χ2v) is 8.53. The Hall–Kier alpha value is -3.79. The predicted octanol–water partition coefficient (Wildman–Crippen LogP) is 6.00. The SMILES string of the molecule is COc1ccc(-n2c(SCC(=O)Nc3ccccc3C(F)(F)F)nnc2-c2cccc(C)c2)cc1. The molecule has 10 heteroatoms. The van der Waals surface area contributed by atoms with Gasteiger partial charge in [-0.25, -0.2) is 0 Å². The molecule has 0 bridgehead atoms. The van der Waals surface area contributed by atoms with Crippen molar-refractivity contribution in [1.29, 1.82) is 0 Å². The summed E-state index contributed by atoms with van der Waals surface area (Å²) in [7, 11) is 1.57. The van der Waals surface area contributed by atoms with Crippen LogP contribution < -0.4 is 10.1 Å². The summed E-state index contributed by atoms with van der Waals surface area (Å²) in [6, 6.07) is 19.9. The summed E-state index contributed by atoms with van der Waals surface area (Å²) in [6.45, 7) is 1.97. The van der Waals surface area contributed by atoms with Gasteiger partial charge in [0.05, 0.1) is 24.1 Å². The Balaban J connectivity index is 1.61. The molecule has 0 unspecified atom stereocenters. The predicted molar refractivity (Wildman–Crippen MR) is 129 cm³/mol. The maximum Gasteiger partial charge on any atom is 0.418 e. The number of alkyl halides is 3. The number of carbonyl (C=O) groups is 1. The van der Waals surface area contributed by atoms with Crippen LogP contribution in [0.25, 0.3) is 17.1 Å². The third-order valence-electron chi connectivity index (χ3n) is 5.08. The number of amides is 1. The number of halogens is 3. The van der Waals surface area contributed by atoms with E-state index in [1.165, 1.54) is 18.2 Å². The zero-order valence-corrected chi connectivity index (χ0v) is 19.7. The van der Waals surface area contributed by atoms with Gasteiger partial charge >= 0.3 is 6.18 Å². The second kappa shape index (κ2) is 10.2. The number of carbonyl (C=O) groups excluding carboxylic acids is 1. The fraction of sp³-hybridized carbons (Fsp3) is 0.160. The first kappa shape index (κ1) is 24.3. The molecule has 1 aromatic heterocycles. The molecule has 0 saturated heterocycles. The van der Waals surface area contributed by atoms with Crippen molar-refractivity contribution in [3.05, 3.63) is 83.9 Å². The molecular formula is C25H21F3N4O2S. The average Bonchev–Trinajstić information content (AvgIpc) is 3.26. The lowest BCUT2D eigenvalue weighted by molar-refractivity contribution is -0.137. The Kier molecular flexibility index (Phi) is 7.11. The molecule has 0 saturated carbocycles. The molecule has 6 nitrogen and oxygen atoms in total. The highest BCUT2D eigenvalue weighted by molar-refractivity contribution is 7.99. The maximum atomic E-state index is 13.2. The van der Waals surface area contributed by atoms with Crippen molar-refractivity contribution in [2.24, 2.45) is 0 Å². The van der Waals surface area contributed by atoms with Gasteiger partial charge < -0.3 is 10.1 Å². The van der Waals surface area contributed by atoms with E-state index in [4.69, 9.17) is 4.74 Å². The minimum atomic E-state index is -4.58. The first-order valence-electron chi connectivity index (χ1n) is 10.5. The van der Waals surface area contributed by atoms with Gasteiger partial charge in [0, 0.05) is 11.3 Å². The normalized spacial score (nSPS) is 11.3. The van der Waals surface area contributed by atoms with Gasteiger partial charge in [-0.2, -0.15) is 13.2 Å². The molecule has 0 aliphatic carbocycles. The van der Waals surface area contributed by atoms with Crippen molar-refractivity contribution in [2.75, 3.05) is 18.2 Å². The molecule has 35 heavy (non-hydrogen) atoms. The van der Waals surface area contributed by atoms with Gasteiger partial charge in [0.2, 0.25) is 5.91 Å². The van der Waals surface area contributed by atoms with Crippen LogP contribution in [-0.2, 0) is 11.0 Å². The van der Waals surface area contributed by atoms with Gasteiger partial charge in [0.15, 0.2) is 11.0 Å². The summed E-state index contributed by atoms with van der Waals surface area (Å²) >= 11 is 1.08. The lowest BCUT2D eigenvalue weighted by Crippen LogP contribution is -2.18. The molecule has 180 valence electrons. The second-order valence-electron chi connectivity index (χ2n) is 7.59. The van der Waals surface area contributed by atoms with Gasteiger partial charge in [-0.1, -0.05) is 47.7 Å². The molecule has 0 aliphatic rings. The molecule has 0 atom stereocenters. The Labute approximate surface area is 204 Å². The molecule has 0 spiro atoms. The zero-order chi connectivity index (χ0) is 25.0. The lowest BCUT2D eigenvalue weighted by atomic mass is 10.1. The number of rotatable bonds is 7. The third-order valence-corrected chi connectivity index (χ3v) is 6.01. The van der Waals surface area contributed by atoms with Crippen LogP contribution in [-0.4, -0.2) is 33.5 Å². The van der Waals surface area contributed by atoms with Crippen molar-refractivity contribution in [2.45, 2.75) is 18.3 Å². The largest absolute Gasteiger partial charge is 0.497 e. The number of aromatic nitrogens is 3. The first-order chi connectivity index (χ1) is 16.8. The van der Waals surface area contributed by atoms with Crippen LogP contribution in [0.5, 0.6) is 5.75 Å². The van der Waals surface area contributed by atoms with Crippen molar-refractivity contribution in [3.8, 4) is 22.8 Å². The lowest BCUT2D eigenvalue weighted by Gasteiger charge is -2.14. The standard InChI is InChI=1S/C25H21F3N4O2S/c1-16-6-5-7-17(14-16)23-30-31-24(32(23)18-10-12-19(34-2)13-11-18)35-15-22(33)29-21-9-4-3-8-20(21)25(26,27)28/h3-14H,15H2,1-2H3,(H,29,33). The highest BCUT2D eigenvalue weighted by Gasteiger charge is 2.33. The molecule has 4 rings (SSSR count). The van der Waals surface area contributed by atoms with Crippen molar-refractivity contribution >= 4 is 23.4 Å². The van der Waals surface area contributed by atoms with E-state index in [9.17, 15) is 18.0 Å². The number of methoxy groups -OCH3 is 1. The molecule has 4 aromatic rings. The number of benzene rings is 3. The number of anilines is 1. The highest BCUT2D eigenvalue weighted by Crippen LogP contribution is 2.35. The average molecular weight is 499 g/mol. The van der Waals surface area contributed by atoms with Crippen LogP contribution in [0, 0.1) is 6.92 Å². The van der Waals surface area contributed by atoms with E-state index >= 15 is 0 Å². The number of hydrogen-bond acceptors (Lipinski definition) is 5. The minimum Gasteiger partial charge on any atom is -0.497 e. The topological polar surface area (TPSA) is 69.0 Å². The van der Waals surface area contributed by atoms with E-state index < -0.39 is 17.6 Å². The van der Waals surface area contributed by atoms with E-state index in [0.29, 0.717) is 16.7 Å². The minimum absolute atomic E-state index is 0.158. The van der Waals surface area contributed by atoms with E-state index in [0.717, 1.165) is 34.6 Å². The van der Waals surface area contributed by atoms with Crippen molar-refractivity contribution in [3.63, 3.8) is 0 Å². The maximum absolute atomic E-state index is 13.2. The molecule has 1 amide bonds. The van der Waals surface area contributed by atoms with Gasteiger partial charge in [-0.05, 0) is 49.4 Å². The van der Waals surface area contributed by atoms with Crippen LogP contribution in [0.4, 0.5) is 18.9 Å². The molecular weight excluding hydrogens is 477 g/mol. The number of para-hydroxylation sites is 1. The number of thioether (sulfide) groups is 1. The fourth-order valence-electron chi connectivity index (χ4n) is 3.45. The molecule has 3 aromatic carbocycles.